The number of aromatic nitrogens is 2. The number of hydrogen-bond donors (Lipinski definition) is 1. The Labute approximate surface area is 96.4 Å². The van der Waals surface area contributed by atoms with Crippen LogP contribution in [0.3, 0.4) is 0 Å². The van der Waals surface area contributed by atoms with Gasteiger partial charge in [0, 0.05) is 19.3 Å². The number of hydrogen-bond acceptors (Lipinski definition) is 4. The Hall–Kier alpha value is -1.16. The minimum absolute atomic E-state index is 0.329. The molecule has 0 radical (unpaired) electrons. The van der Waals surface area contributed by atoms with Gasteiger partial charge in [-0.05, 0) is 33.1 Å². The fraction of sp³-hybridized carbons (Fsp3) is 0.667. The highest BCUT2D eigenvalue weighted by Crippen LogP contribution is 2.14. The van der Waals surface area contributed by atoms with Crippen LogP contribution in [-0.4, -0.2) is 29.2 Å². The lowest BCUT2D eigenvalue weighted by Crippen LogP contribution is -2.27. The first-order chi connectivity index (χ1) is 7.75. The Bertz CT molecular complexity index is 348. The smallest absolute Gasteiger partial charge is 0.147 e. The zero-order valence-electron chi connectivity index (χ0n) is 9.99. The lowest BCUT2D eigenvalue weighted by Gasteiger charge is -2.23. The highest BCUT2D eigenvalue weighted by Gasteiger charge is 2.14. The van der Waals surface area contributed by atoms with Crippen LogP contribution in [0.1, 0.15) is 30.7 Å². The van der Waals surface area contributed by atoms with E-state index in [2.05, 4.69) is 15.3 Å². The summed E-state index contributed by atoms with van der Waals surface area (Å²) in [6.07, 6.45) is 5.73. The number of ether oxygens (including phenoxy) is 1. The summed E-state index contributed by atoms with van der Waals surface area (Å²) < 4.78 is 5.66. The Morgan fingerprint density at radius 2 is 2.31 bits per heavy atom. The Balaban J connectivity index is 1.90. The molecule has 1 atom stereocenters. The van der Waals surface area contributed by atoms with Gasteiger partial charge in [0.15, 0.2) is 0 Å². The maximum absolute atomic E-state index is 5.66. The molecule has 2 heterocycles. The molecule has 4 heteroatoms. The van der Waals surface area contributed by atoms with Crippen LogP contribution in [0.2, 0.25) is 0 Å². The molecule has 1 aromatic rings. The highest BCUT2D eigenvalue weighted by atomic mass is 16.5. The van der Waals surface area contributed by atoms with Crippen molar-refractivity contribution in [2.24, 2.45) is 0 Å². The fourth-order valence-corrected chi connectivity index (χ4v) is 1.88. The van der Waals surface area contributed by atoms with E-state index in [9.17, 15) is 0 Å². The number of aryl methyl sites for hydroxylation is 2. The Morgan fingerprint density at radius 3 is 3.06 bits per heavy atom. The van der Waals surface area contributed by atoms with Crippen molar-refractivity contribution in [1.29, 1.82) is 0 Å². The van der Waals surface area contributed by atoms with E-state index in [0.717, 1.165) is 36.8 Å². The van der Waals surface area contributed by atoms with Crippen molar-refractivity contribution in [3.05, 3.63) is 17.6 Å². The molecule has 0 spiro atoms. The maximum Gasteiger partial charge on any atom is 0.147 e. The molecule has 0 bridgehead atoms. The van der Waals surface area contributed by atoms with Crippen LogP contribution in [0.25, 0.3) is 0 Å². The molecule has 0 aromatic carbocycles. The van der Waals surface area contributed by atoms with Crippen molar-refractivity contribution in [2.75, 3.05) is 18.5 Å². The normalized spacial score (nSPS) is 20.8. The molecule has 2 rings (SSSR count). The minimum Gasteiger partial charge on any atom is -0.376 e. The van der Waals surface area contributed by atoms with Crippen molar-refractivity contribution < 1.29 is 4.74 Å². The van der Waals surface area contributed by atoms with Gasteiger partial charge in [-0.3, -0.25) is 4.98 Å². The third kappa shape index (κ3) is 2.92. The van der Waals surface area contributed by atoms with E-state index in [0.29, 0.717) is 6.10 Å². The molecule has 1 aliphatic heterocycles. The monoisotopic (exact) mass is 221 g/mol. The summed E-state index contributed by atoms with van der Waals surface area (Å²) in [5.74, 6) is 0.883. The van der Waals surface area contributed by atoms with Gasteiger partial charge in [0.05, 0.1) is 17.5 Å². The van der Waals surface area contributed by atoms with Gasteiger partial charge in [0.1, 0.15) is 5.82 Å². The van der Waals surface area contributed by atoms with Crippen molar-refractivity contribution in [1.82, 2.24) is 9.97 Å². The largest absolute Gasteiger partial charge is 0.376 e. The zero-order valence-corrected chi connectivity index (χ0v) is 9.99. The van der Waals surface area contributed by atoms with Crippen LogP contribution in [0.4, 0.5) is 5.82 Å². The predicted molar refractivity (Wildman–Crippen MR) is 63.6 cm³/mol. The first-order valence-electron chi connectivity index (χ1n) is 5.91. The molecule has 88 valence electrons. The Morgan fingerprint density at radius 1 is 1.44 bits per heavy atom. The summed E-state index contributed by atoms with van der Waals surface area (Å²) in [6, 6.07) is 0. The summed E-state index contributed by atoms with van der Waals surface area (Å²) >= 11 is 0. The first kappa shape index (κ1) is 11.3. The highest BCUT2D eigenvalue weighted by molar-refractivity contribution is 5.39. The molecule has 1 N–H and O–H groups in total. The molecule has 1 aromatic heterocycles. The Kier molecular flexibility index (Phi) is 3.72. The molecule has 0 amide bonds. The van der Waals surface area contributed by atoms with Gasteiger partial charge >= 0.3 is 0 Å². The van der Waals surface area contributed by atoms with Gasteiger partial charge in [-0.15, -0.1) is 0 Å². The van der Waals surface area contributed by atoms with E-state index < -0.39 is 0 Å². The van der Waals surface area contributed by atoms with E-state index in [4.69, 9.17) is 4.74 Å². The lowest BCUT2D eigenvalue weighted by molar-refractivity contribution is 0.0247. The molecule has 1 saturated heterocycles. The number of rotatable bonds is 3. The van der Waals surface area contributed by atoms with Crippen molar-refractivity contribution >= 4 is 5.82 Å². The molecule has 1 fully saturated rings. The third-order valence-electron chi connectivity index (χ3n) is 2.85. The average molecular weight is 221 g/mol. The minimum atomic E-state index is 0.329. The summed E-state index contributed by atoms with van der Waals surface area (Å²) in [6.45, 7) is 5.65. The van der Waals surface area contributed by atoms with Crippen molar-refractivity contribution in [2.45, 2.75) is 39.2 Å². The third-order valence-corrected chi connectivity index (χ3v) is 2.85. The van der Waals surface area contributed by atoms with E-state index in [1.54, 1.807) is 6.20 Å². The topological polar surface area (TPSA) is 47.0 Å². The van der Waals surface area contributed by atoms with Gasteiger partial charge < -0.3 is 10.1 Å². The summed E-state index contributed by atoms with van der Waals surface area (Å²) in [5.41, 5.74) is 1.89. The van der Waals surface area contributed by atoms with E-state index >= 15 is 0 Å². The van der Waals surface area contributed by atoms with Crippen molar-refractivity contribution in [3.8, 4) is 0 Å². The van der Waals surface area contributed by atoms with Gasteiger partial charge in [-0.2, -0.15) is 0 Å². The molecule has 1 aliphatic rings. The zero-order chi connectivity index (χ0) is 11.4. The van der Waals surface area contributed by atoms with Gasteiger partial charge in [-0.25, -0.2) is 4.98 Å². The van der Waals surface area contributed by atoms with Crippen LogP contribution in [0.5, 0.6) is 0 Å². The van der Waals surface area contributed by atoms with E-state index in [1.165, 1.54) is 12.8 Å². The van der Waals surface area contributed by atoms with Crippen LogP contribution < -0.4 is 5.32 Å². The number of nitrogens with one attached hydrogen (secondary N) is 1. The van der Waals surface area contributed by atoms with Gasteiger partial charge in [0.25, 0.3) is 0 Å². The van der Waals surface area contributed by atoms with Crippen LogP contribution in [0.15, 0.2) is 6.20 Å². The first-order valence-corrected chi connectivity index (χ1v) is 5.91. The quantitative estimate of drug-likeness (QED) is 0.848. The average Bonchev–Trinajstić information content (AvgIpc) is 2.32. The van der Waals surface area contributed by atoms with Crippen molar-refractivity contribution in [3.63, 3.8) is 0 Å². The lowest BCUT2D eigenvalue weighted by atomic mass is 10.1. The second kappa shape index (κ2) is 5.25. The van der Waals surface area contributed by atoms with Gasteiger partial charge in [-0.1, -0.05) is 0 Å². The summed E-state index contributed by atoms with van der Waals surface area (Å²) in [5, 5.41) is 3.32. The number of nitrogens with zero attached hydrogens (tertiary/aromatic N) is 2. The molecule has 1 unspecified atom stereocenters. The second-order valence-corrected chi connectivity index (χ2v) is 4.31. The molecule has 0 aliphatic carbocycles. The van der Waals surface area contributed by atoms with Crippen LogP contribution in [-0.2, 0) is 4.74 Å². The SMILES string of the molecule is Cc1cnc(C)c(NCC2CCCCO2)n1. The molecule has 0 saturated carbocycles. The standard InChI is InChI=1S/C12H19N3O/c1-9-7-13-10(2)12(15-9)14-8-11-5-3-4-6-16-11/h7,11H,3-6,8H2,1-2H3,(H,14,15). The fourth-order valence-electron chi connectivity index (χ4n) is 1.88. The predicted octanol–water partition coefficient (Wildman–Crippen LogP) is 2.07. The molecule has 4 nitrogen and oxygen atoms in total. The van der Waals surface area contributed by atoms with Crippen LogP contribution in [0, 0.1) is 13.8 Å². The van der Waals surface area contributed by atoms with E-state index in [1.807, 2.05) is 13.8 Å². The molecular formula is C12H19N3O. The second-order valence-electron chi connectivity index (χ2n) is 4.31. The van der Waals surface area contributed by atoms with Crippen LogP contribution >= 0.6 is 0 Å². The van der Waals surface area contributed by atoms with E-state index in [-0.39, 0.29) is 0 Å². The van der Waals surface area contributed by atoms with Gasteiger partial charge in [0.2, 0.25) is 0 Å². The summed E-state index contributed by atoms with van der Waals surface area (Å²) in [4.78, 5) is 8.70. The number of anilines is 1. The molecule has 16 heavy (non-hydrogen) atoms. The molecular weight excluding hydrogens is 202 g/mol. The summed E-state index contributed by atoms with van der Waals surface area (Å²) in [7, 11) is 0. The maximum atomic E-state index is 5.66.